The Hall–Kier alpha value is -3.20. The number of nitro benzene ring substituents is 1. The molecule has 1 atom stereocenters. The lowest BCUT2D eigenvalue weighted by molar-refractivity contribution is -0.383. The molecule has 1 unspecified atom stereocenters. The molecule has 28 heavy (non-hydrogen) atoms. The summed E-state index contributed by atoms with van der Waals surface area (Å²) in [6.07, 6.45) is 0.597. The van der Waals surface area contributed by atoms with Crippen LogP contribution in [0.25, 0.3) is 0 Å². The molecular formula is C19H18N4O4S. The van der Waals surface area contributed by atoms with Crippen molar-refractivity contribution in [3.63, 3.8) is 0 Å². The predicted molar refractivity (Wildman–Crippen MR) is 105 cm³/mol. The van der Waals surface area contributed by atoms with Gasteiger partial charge >= 0.3 is 0 Å². The average molecular weight is 398 g/mol. The number of rotatable bonds is 8. The molecule has 2 aromatic carbocycles. The number of carbonyl (C=O) groups is 1. The van der Waals surface area contributed by atoms with Crippen LogP contribution in [-0.2, 0) is 11.2 Å². The van der Waals surface area contributed by atoms with E-state index in [-0.39, 0.29) is 28.3 Å². The van der Waals surface area contributed by atoms with Crippen molar-refractivity contribution < 1.29 is 14.1 Å². The number of nitro groups is 1. The van der Waals surface area contributed by atoms with Gasteiger partial charge in [0.2, 0.25) is 11.8 Å². The minimum Gasteiger partial charge on any atom is -0.416 e. The van der Waals surface area contributed by atoms with Crippen molar-refractivity contribution in [2.75, 3.05) is 11.1 Å². The molecular weight excluding hydrogens is 380 g/mol. The van der Waals surface area contributed by atoms with Crippen LogP contribution in [0, 0.1) is 10.1 Å². The highest BCUT2D eigenvalue weighted by atomic mass is 32.2. The lowest BCUT2D eigenvalue weighted by Gasteiger charge is -2.08. The lowest BCUT2D eigenvalue weighted by atomic mass is 9.98. The molecule has 0 aliphatic carbocycles. The van der Waals surface area contributed by atoms with E-state index in [0.717, 1.165) is 11.8 Å². The third kappa shape index (κ3) is 5.17. The zero-order valence-corrected chi connectivity index (χ0v) is 15.9. The van der Waals surface area contributed by atoms with E-state index in [9.17, 15) is 14.9 Å². The van der Waals surface area contributed by atoms with Gasteiger partial charge in [0, 0.05) is 12.5 Å². The van der Waals surface area contributed by atoms with Crippen molar-refractivity contribution in [2.45, 2.75) is 24.5 Å². The third-order valence-electron chi connectivity index (χ3n) is 4.00. The van der Waals surface area contributed by atoms with Gasteiger partial charge in [-0.15, -0.1) is 10.2 Å². The fourth-order valence-corrected chi connectivity index (χ4v) is 3.17. The highest BCUT2D eigenvalue weighted by Gasteiger charge is 2.17. The minimum absolute atomic E-state index is 0.00191. The first-order valence-corrected chi connectivity index (χ1v) is 9.55. The first-order valence-electron chi connectivity index (χ1n) is 8.56. The molecule has 0 saturated heterocycles. The number of nitrogens with zero attached hydrogens (tertiary/aromatic N) is 3. The number of benzene rings is 2. The van der Waals surface area contributed by atoms with E-state index in [1.165, 1.54) is 17.7 Å². The monoisotopic (exact) mass is 398 g/mol. The van der Waals surface area contributed by atoms with Crippen LogP contribution >= 0.6 is 11.8 Å². The number of aromatic nitrogens is 2. The number of nitrogens with one attached hydrogen (secondary N) is 1. The fourth-order valence-electron chi connectivity index (χ4n) is 2.59. The van der Waals surface area contributed by atoms with Gasteiger partial charge in [-0.05, 0) is 17.5 Å². The van der Waals surface area contributed by atoms with Crippen molar-refractivity contribution in [2.24, 2.45) is 0 Å². The van der Waals surface area contributed by atoms with Crippen LogP contribution < -0.4 is 5.32 Å². The second-order valence-corrected chi connectivity index (χ2v) is 7.02. The van der Waals surface area contributed by atoms with Gasteiger partial charge in [-0.25, -0.2) is 0 Å². The summed E-state index contributed by atoms with van der Waals surface area (Å²) in [5.74, 6) is 0.332. The molecule has 0 saturated carbocycles. The van der Waals surface area contributed by atoms with E-state index in [4.69, 9.17) is 4.42 Å². The largest absolute Gasteiger partial charge is 0.416 e. The molecule has 0 radical (unpaired) electrons. The number of anilines is 1. The van der Waals surface area contributed by atoms with E-state index in [0.29, 0.717) is 12.3 Å². The molecule has 9 heteroatoms. The third-order valence-corrected chi connectivity index (χ3v) is 4.82. The maximum atomic E-state index is 12.1. The van der Waals surface area contributed by atoms with Crippen LogP contribution in [0.15, 0.2) is 64.2 Å². The number of thioether (sulfide) groups is 1. The molecule has 0 aliphatic rings. The number of para-hydroxylation sites is 2. The lowest BCUT2D eigenvalue weighted by Crippen LogP contribution is -2.15. The van der Waals surface area contributed by atoms with Gasteiger partial charge < -0.3 is 9.73 Å². The zero-order chi connectivity index (χ0) is 19.9. The molecule has 144 valence electrons. The van der Waals surface area contributed by atoms with Crippen molar-refractivity contribution in [1.29, 1.82) is 0 Å². The Morgan fingerprint density at radius 1 is 1.18 bits per heavy atom. The molecule has 0 spiro atoms. The van der Waals surface area contributed by atoms with Crippen LogP contribution in [0.1, 0.15) is 24.3 Å². The van der Waals surface area contributed by atoms with Gasteiger partial charge in [-0.2, -0.15) is 0 Å². The smallest absolute Gasteiger partial charge is 0.292 e. The molecule has 3 aromatic rings. The van der Waals surface area contributed by atoms with E-state index in [1.807, 2.05) is 30.3 Å². The molecule has 0 bridgehead atoms. The molecule has 1 heterocycles. The van der Waals surface area contributed by atoms with Crippen LogP contribution in [-0.4, -0.2) is 26.8 Å². The second-order valence-electron chi connectivity index (χ2n) is 6.09. The summed E-state index contributed by atoms with van der Waals surface area (Å²) in [6.45, 7) is 2.08. The van der Waals surface area contributed by atoms with Crippen molar-refractivity contribution in [3.05, 3.63) is 76.2 Å². The Balaban J connectivity index is 1.53. The molecule has 0 aliphatic heterocycles. The standard InChI is InChI=1S/C19H18N4O4S/c1-13(14-7-3-2-4-8-14)11-18-21-22-19(27-18)28-12-17(24)20-15-9-5-6-10-16(15)23(25)26/h2-10,13H,11-12H2,1H3,(H,20,24). The topological polar surface area (TPSA) is 111 Å². The summed E-state index contributed by atoms with van der Waals surface area (Å²) >= 11 is 1.08. The van der Waals surface area contributed by atoms with Crippen molar-refractivity contribution in [1.82, 2.24) is 10.2 Å². The van der Waals surface area contributed by atoms with Crippen molar-refractivity contribution >= 4 is 29.0 Å². The Labute approximate surface area is 165 Å². The van der Waals surface area contributed by atoms with E-state index in [2.05, 4.69) is 22.4 Å². The number of carbonyl (C=O) groups excluding carboxylic acids is 1. The minimum atomic E-state index is -0.541. The Kier molecular flexibility index (Phi) is 6.38. The molecule has 8 nitrogen and oxygen atoms in total. The molecule has 3 rings (SSSR count). The van der Waals surface area contributed by atoms with Gasteiger partial charge in [0.05, 0.1) is 10.7 Å². The van der Waals surface area contributed by atoms with E-state index in [1.54, 1.807) is 12.1 Å². The summed E-state index contributed by atoms with van der Waals surface area (Å²) in [5.41, 5.74) is 1.18. The highest BCUT2D eigenvalue weighted by Crippen LogP contribution is 2.25. The van der Waals surface area contributed by atoms with Gasteiger partial charge in [0.1, 0.15) is 5.69 Å². The van der Waals surface area contributed by atoms with Crippen molar-refractivity contribution in [3.8, 4) is 0 Å². The fraction of sp³-hybridized carbons (Fsp3) is 0.211. The highest BCUT2D eigenvalue weighted by molar-refractivity contribution is 7.99. The summed E-state index contributed by atoms with van der Waals surface area (Å²) in [6, 6.07) is 16.0. The predicted octanol–water partition coefficient (Wildman–Crippen LogP) is 4.05. The summed E-state index contributed by atoms with van der Waals surface area (Å²) in [4.78, 5) is 22.5. The van der Waals surface area contributed by atoms with Gasteiger partial charge in [-0.3, -0.25) is 14.9 Å². The quantitative estimate of drug-likeness (QED) is 0.346. The summed E-state index contributed by atoms with van der Waals surface area (Å²) in [5, 5.41) is 21.8. The number of amides is 1. The van der Waals surface area contributed by atoms with Gasteiger partial charge in [-0.1, -0.05) is 61.2 Å². The molecule has 0 fully saturated rings. The van der Waals surface area contributed by atoms with Crippen LogP contribution in [0.3, 0.4) is 0 Å². The maximum absolute atomic E-state index is 12.1. The zero-order valence-electron chi connectivity index (χ0n) is 15.1. The molecule has 1 amide bonds. The first-order chi connectivity index (χ1) is 13.5. The van der Waals surface area contributed by atoms with Gasteiger partial charge in [0.25, 0.3) is 10.9 Å². The SMILES string of the molecule is CC(Cc1nnc(SCC(=O)Nc2ccccc2[N+](=O)[O-])o1)c1ccccc1. The van der Waals surface area contributed by atoms with E-state index >= 15 is 0 Å². The Bertz CT molecular complexity index is 961. The van der Waals surface area contributed by atoms with Crippen LogP contribution in [0.2, 0.25) is 0 Å². The number of hydrogen-bond acceptors (Lipinski definition) is 7. The molecule has 1 N–H and O–H groups in total. The summed E-state index contributed by atoms with van der Waals surface area (Å²) in [7, 11) is 0. The normalized spacial score (nSPS) is 11.8. The Morgan fingerprint density at radius 3 is 2.64 bits per heavy atom. The maximum Gasteiger partial charge on any atom is 0.292 e. The second kappa shape index (κ2) is 9.14. The van der Waals surface area contributed by atoms with Crippen LogP contribution in [0.5, 0.6) is 0 Å². The van der Waals surface area contributed by atoms with E-state index < -0.39 is 10.8 Å². The number of hydrogen-bond donors (Lipinski definition) is 1. The van der Waals surface area contributed by atoms with Crippen LogP contribution in [0.4, 0.5) is 11.4 Å². The summed E-state index contributed by atoms with van der Waals surface area (Å²) < 4.78 is 5.59. The van der Waals surface area contributed by atoms with Gasteiger partial charge in [0.15, 0.2) is 0 Å². The first kappa shape index (κ1) is 19.6. The average Bonchev–Trinajstić information content (AvgIpc) is 3.14. The Morgan fingerprint density at radius 2 is 1.89 bits per heavy atom. The molecule has 1 aromatic heterocycles.